The molecule has 1 fully saturated rings. The zero-order valence-electron chi connectivity index (χ0n) is 13.7. The number of carbonyl (C=O) groups excluding carboxylic acids is 2. The standard InChI is InChI=1S/C17H21N3O4/c1-3-24-11-5-4-10-6-14(19-13(10)7-11)17(22)20-9-12(23-2)8-15(20)16(18)21/h4-7,12,15,19H,3,8-9H2,1-2H3,(H2,18,21)/t12-,15-/m0/s1. The molecular weight excluding hydrogens is 310 g/mol. The summed E-state index contributed by atoms with van der Waals surface area (Å²) in [4.78, 5) is 29.0. The number of ether oxygens (including phenoxy) is 2. The maximum atomic E-state index is 12.8. The Morgan fingerprint density at radius 3 is 2.83 bits per heavy atom. The number of amides is 2. The van der Waals surface area contributed by atoms with Gasteiger partial charge in [-0.25, -0.2) is 0 Å². The van der Waals surface area contributed by atoms with Gasteiger partial charge in [-0.05, 0) is 25.1 Å². The Labute approximate surface area is 139 Å². The van der Waals surface area contributed by atoms with Crippen LogP contribution in [-0.4, -0.2) is 54.1 Å². The molecule has 0 aliphatic carbocycles. The van der Waals surface area contributed by atoms with Crippen molar-refractivity contribution in [1.82, 2.24) is 9.88 Å². The summed E-state index contributed by atoms with van der Waals surface area (Å²) in [5, 5.41) is 0.903. The van der Waals surface area contributed by atoms with Crippen molar-refractivity contribution in [3.05, 3.63) is 30.0 Å². The molecule has 0 spiro atoms. The third kappa shape index (κ3) is 2.94. The van der Waals surface area contributed by atoms with E-state index in [9.17, 15) is 9.59 Å². The Bertz CT molecular complexity index is 770. The lowest BCUT2D eigenvalue weighted by Crippen LogP contribution is -2.43. The zero-order chi connectivity index (χ0) is 17.3. The molecule has 2 heterocycles. The maximum Gasteiger partial charge on any atom is 0.271 e. The summed E-state index contributed by atoms with van der Waals surface area (Å²) in [6.45, 7) is 2.84. The molecule has 7 nitrogen and oxygen atoms in total. The fourth-order valence-corrected chi connectivity index (χ4v) is 3.09. The van der Waals surface area contributed by atoms with E-state index >= 15 is 0 Å². The molecule has 0 unspecified atom stereocenters. The first-order valence-corrected chi connectivity index (χ1v) is 7.92. The highest BCUT2D eigenvalue weighted by Gasteiger charge is 2.39. The number of H-pyrrole nitrogens is 1. The molecule has 1 aromatic heterocycles. The number of nitrogens with zero attached hydrogens (tertiary/aromatic N) is 1. The Morgan fingerprint density at radius 1 is 1.38 bits per heavy atom. The number of hydrogen-bond donors (Lipinski definition) is 2. The monoisotopic (exact) mass is 331 g/mol. The van der Waals surface area contributed by atoms with Crippen molar-refractivity contribution in [2.24, 2.45) is 5.73 Å². The summed E-state index contributed by atoms with van der Waals surface area (Å²) in [7, 11) is 1.56. The van der Waals surface area contributed by atoms with E-state index in [0.29, 0.717) is 25.3 Å². The van der Waals surface area contributed by atoms with Crippen LogP contribution < -0.4 is 10.5 Å². The van der Waals surface area contributed by atoms with Crippen molar-refractivity contribution >= 4 is 22.7 Å². The van der Waals surface area contributed by atoms with Crippen LogP contribution in [0.5, 0.6) is 5.75 Å². The third-order valence-corrected chi connectivity index (χ3v) is 4.32. The van der Waals surface area contributed by atoms with E-state index in [1.54, 1.807) is 13.2 Å². The van der Waals surface area contributed by atoms with Gasteiger partial charge < -0.3 is 25.1 Å². The molecule has 1 aliphatic rings. The van der Waals surface area contributed by atoms with E-state index in [0.717, 1.165) is 16.7 Å². The number of methoxy groups -OCH3 is 1. The molecule has 1 aliphatic heterocycles. The lowest BCUT2D eigenvalue weighted by Gasteiger charge is -2.21. The van der Waals surface area contributed by atoms with Gasteiger partial charge in [0.2, 0.25) is 5.91 Å². The van der Waals surface area contributed by atoms with Gasteiger partial charge in [0, 0.05) is 37.0 Å². The van der Waals surface area contributed by atoms with Gasteiger partial charge in [-0.2, -0.15) is 0 Å². The van der Waals surface area contributed by atoms with Crippen LogP contribution in [0.15, 0.2) is 24.3 Å². The smallest absolute Gasteiger partial charge is 0.271 e. The first-order chi connectivity index (χ1) is 11.5. The number of nitrogens with two attached hydrogens (primary N) is 1. The highest BCUT2D eigenvalue weighted by molar-refractivity contribution is 6.00. The van der Waals surface area contributed by atoms with Crippen molar-refractivity contribution in [2.45, 2.75) is 25.5 Å². The van der Waals surface area contributed by atoms with Gasteiger partial charge in [0.25, 0.3) is 5.91 Å². The van der Waals surface area contributed by atoms with Crippen LogP contribution >= 0.6 is 0 Å². The van der Waals surface area contributed by atoms with Crippen molar-refractivity contribution in [3.63, 3.8) is 0 Å². The van der Waals surface area contributed by atoms with Crippen LogP contribution in [0.25, 0.3) is 10.9 Å². The van der Waals surface area contributed by atoms with Crippen molar-refractivity contribution in [2.75, 3.05) is 20.3 Å². The fourth-order valence-electron chi connectivity index (χ4n) is 3.09. The predicted molar refractivity (Wildman–Crippen MR) is 88.9 cm³/mol. The molecule has 24 heavy (non-hydrogen) atoms. The van der Waals surface area contributed by atoms with Gasteiger partial charge in [-0.15, -0.1) is 0 Å². The minimum Gasteiger partial charge on any atom is -0.494 e. The first-order valence-electron chi connectivity index (χ1n) is 7.92. The minimum atomic E-state index is -0.646. The van der Waals surface area contributed by atoms with E-state index in [2.05, 4.69) is 4.98 Å². The second-order valence-corrected chi connectivity index (χ2v) is 5.83. The molecule has 2 amide bonds. The molecule has 7 heteroatoms. The van der Waals surface area contributed by atoms with Gasteiger partial charge in [-0.3, -0.25) is 9.59 Å². The number of rotatable bonds is 5. The number of hydrogen-bond acceptors (Lipinski definition) is 4. The highest BCUT2D eigenvalue weighted by atomic mass is 16.5. The van der Waals surface area contributed by atoms with E-state index in [4.69, 9.17) is 15.2 Å². The number of primary amides is 1. The largest absolute Gasteiger partial charge is 0.494 e. The lowest BCUT2D eigenvalue weighted by molar-refractivity contribution is -0.121. The molecule has 1 saturated heterocycles. The van der Waals surface area contributed by atoms with Crippen LogP contribution in [0.3, 0.4) is 0 Å². The molecule has 128 valence electrons. The van der Waals surface area contributed by atoms with Crippen LogP contribution in [0.1, 0.15) is 23.8 Å². The van der Waals surface area contributed by atoms with Crippen molar-refractivity contribution in [3.8, 4) is 5.75 Å². The summed E-state index contributed by atoms with van der Waals surface area (Å²) in [6, 6.07) is 6.72. The first kappa shape index (κ1) is 16.3. The normalized spacial score (nSPS) is 20.5. The summed E-state index contributed by atoms with van der Waals surface area (Å²) in [5.41, 5.74) is 6.66. The van der Waals surface area contributed by atoms with Crippen LogP contribution in [0, 0.1) is 0 Å². The van der Waals surface area contributed by atoms with Crippen molar-refractivity contribution in [1.29, 1.82) is 0 Å². The Kier molecular flexibility index (Phi) is 4.44. The summed E-state index contributed by atoms with van der Waals surface area (Å²) < 4.78 is 10.7. The lowest BCUT2D eigenvalue weighted by atomic mass is 10.2. The van der Waals surface area contributed by atoms with Gasteiger partial charge >= 0.3 is 0 Å². The van der Waals surface area contributed by atoms with E-state index in [-0.39, 0.29) is 12.0 Å². The topological polar surface area (TPSA) is 97.6 Å². The van der Waals surface area contributed by atoms with E-state index in [1.165, 1.54) is 4.90 Å². The molecular formula is C17H21N3O4. The predicted octanol–water partition coefficient (Wildman–Crippen LogP) is 1.28. The minimum absolute atomic E-state index is 0.180. The molecule has 0 radical (unpaired) electrons. The zero-order valence-corrected chi connectivity index (χ0v) is 13.7. The fraction of sp³-hybridized carbons (Fsp3) is 0.412. The number of nitrogens with one attached hydrogen (secondary N) is 1. The van der Waals surface area contributed by atoms with Crippen LogP contribution in [0.2, 0.25) is 0 Å². The van der Waals surface area contributed by atoms with Crippen LogP contribution in [0.4, 0.5) is 0 Å². The number of fused-ring (bicyclic) bond motifs is 1. The quantitative estimate of drug-likeness (QED) is 0.862. The number of aromatic nitrogens is 1. The summed E-state index contributed by atoms with van der Waals surface area (Å²) in [6.07, 6.45) is 0.243. The molecule has 1 aromatic carbocycles. The number of benzene rings is 1. The van der Waals surface area contributed by atoms with Gasteiger partial charge in [0.05, 0.1) is 12.7 Å². The van der Waals surface area contributed by atoms with Gasteiger partial charge in [0.1, 0.15) is 17.5 Å². The summed E-state index contributed by atoms with van der Waals surface area (Å²) >= 11 is 0. The number of carbonyl (C=O) groups is 2. The molecule has 0 bridgehead atoms. The van der Waals surface area contributed by atoms with Gasteiger partial charge in [0.15, 0.2) is 0 Å². The van der Waals surface area contributed by atoms with Crippen molar-refractivity contribution < 1.29 is 19.1 Å². The molecule has 0 saturated carbocycles. The SMILES string of the molecule is CCOc1ccc2cc(C(=O)N3C[C@@H](OC)C[C@H]3C(N)=O)[nH]c2c1. The van der Waals surface area contributed by atoms with E-state index < -0.39 is 11.9 Å². The third-order valence-electron chi connectivity index (χ3n) is 4.32. The number of aromatic amines is 1. The second kappa shape index (κ2) is 6.52. The second-order valence-electron chi connectivity index (χ2n) is 5.83. The summed E-state index contributed by atoms with van der Waals surface area (Å²) in [5.74, 6) is -0.0355. The Hall–Kier alpha value is -2.54. The maximum absolute atomic E-state index is 12.8. The Morgan fingerprint density at radius 2 is 2.17 bits per heavy atom. The molecule has 3 rings (SSSR count). The highest BCUT2D eigenvalue weighted by Crippen LogP contribution is 2.25. The van der Waals surface area contributed by atoms with Crippen LogP contribution in [-0.2, 0) is 9.53 Å². The molecule has 2 atom stereocenters. The molecule has 3 N–H and O–H groups in total. The van der Waals surface area contributed by atoms with Gasteiger partial charge in [-0.1, -0.05) is 0 Å². The average Bonchev–Trinajstić information content (AvgIpc) is 3.18. The van der Waals surface area contributed by atoms with E-state index in [1.807, 2.05) is 25.1 Å². The number of likely N-dealkylation sites (tertiary alicyclic amines) is 1. The Balaban J connectivity index is 1.88. The molecule has 2 aromatic rings. The average molecular weight is 331 g/mol.